The maximum Gasteiger partial charge on any atom is 0.232 e. The van der Waals surface area contributed by atoms with Crippen LogP contribution < -0.4 is 0 Å². The van der Waals surface area contributed by atoms with Crippen molar-refractivity contribution < 1.29 is 18.1 Å². The molecule has 4 rings (SSSR count). The quantitative estimate of drug-likeness (QED) is 0.671. The molecule has 2 heterocycles. The second kappa shape index (κ2) is 7.08. The molecule has 0 N–H and O–H groups in total. The summed E-state index contributed by atoms with van der Waals surface area (Å²) in [4.78, 5) is 18.3. The lowest BCUT2D eigenvalue weighted by molar-refractivity contribution is -0.128. The minimum atomic E-state index is -0.526. The van der Waals surface area contributed by atoms with Crippen molar-refractivity contribution in [3.05, 3.63) is 70.6 Å². The van der Waals surface area contributed by atoms with Crippen molar-refractivity contribution in [1.82, 2.24) is 15.0 Å². The molecule has 0 aliphatic carbocycles. The zero-order chi connectivity index (χ0) is 19.0. The van der Waals surface area contributed by atoms with E-state index in [9.17, 15) is 13.6 Å². The van der Waals surface area contributed by atoms with Gasteiger partial charge in [-0.3, -0.25) is 4.79 Å². The van der Waals surface area contributed by atoms with E-state index in [1.54, 1.807) is 17.0 Å². The first kappa shape index (κ1) is 17.6. The van der Waals surface area contributed by atoms with Crippen molar-refractivity contribution in [1.29, 1.82) is 0 Å². The van der Waals surface area contributed by atoms with Gasteiger partial charge in [0.1, 0.15) is 11.6 Å². The Kier molecular flexibility index (Phi) is 4.61. The number of carbonyl (C=O) groups is 1. The number of hydrogen-bond acceptors (Lipinski definition) is 4. The molecule has 0 spiro atoms. The summed E-state index contributed by atoms with van der Waals surface area (Å²) in [5.41, 5.74) is 1.38. The van der Waals surface area contributed by atoms with E-state index in [0.717, 1.165) is 5.56 Å². The van der Waals surface area contributed by atoms with Crippen LogP contribution in [0.25, 0.3) is 11.4 Å². The zero-order valence-corrected chi connectivity index (χ0v) is 14.8. The van der Waals surface area contributed by atoms with Gasteiger partial charge in [0, 0.05) is 25.1 Å². The summed E-state index contributed by atoms with van der Waals surface area (Å²) in [7, 11) is 0. The van der Waals surface area contributed by atoms with Crippen molar-refractivity contribution in [3.8, 4) is 11.4 Å². The molecular weight excluding hydrogens is 376 g/mol. The van der Waals surface area contributed by atoms with E-state index in [2.05, 4.69) is 10.1 Å². The van der Waals surface area contributed by atoms with Crippen LogP contribution in [0.1, 0.15) is 23.8 Å². The van der Waals surface area contributed by atoms with Gasteiger partial charge in [-0.05, 0) is 35.9 Å². The number of hydrogen-bond donors (Lipinski definition) is 0. The topological polar surface area (TPSA) is 59.2 Å². The monoisotopic (exact) mass is 389 g/mol. The molecule has 8 heteroatoms. The van der Waals surface area contributed by atoms with E-state index in [-0.39, 0.29) is 34.9 Å². The fraction of sp³-hybridized carbons (Fsp3) is 0.211. The van der Waals surface area contributed by atoms with E-state index in [4.69, 9.17) is 16.1 Å². The van der Waals surface area contributed by atoms with Gasteiger partial charge in [0.15, 0.2) is 0 Å². The van der Waals surface area contributed by atoms with Crippen LogP contribution in [0.15, 0.2) is 47.0 Å². The minimum absolute atomic E-state index is 0.0274. The molecule has 138 valence electrons. The lowest BCUT2D eigenvalue weighted by atomic mass is 10.1. The molecule has 1 fully saturated rings. The van der Waals surface area contributed by atoms with Crippen LogP contribution in [-0.4, -0.2) is 27.5 Å². The summed E-state index contributed by atoms with van der Waals surface area (Å²) < 4.78 is 31.6. The van der Waals surface area contributed by atoms with E-state index in [1.807, 2.05) is 0 Å². The number of rotatable bonds is 4. The average molecular weight is 390 g/mol. The first-order chi connectivity index (χ1) is 13.0. The number of carbonyl (C=O) groups excluding carboxylic acids is 1. The zero-order valence-electron chi connectivity index (χ0n) is 14.0. The highest BCUT2D eigenvalue weighted by Crippen LogP contribution is 2.30. The Bertz CT molecular complexity index is 991. The maximum absolute atomic E-state index is 13.3. The maximum atomic E-state index is 13.3. The Hall–Kier alpha value is -2.80. The fourth-order valence-corrected chi connectivity index (χ4v) is 3.23. The molecule has 0 saturated carbocycles. The van der Waals surface area contributed by atoms with Crippen LogP contribution >= 0.6 is 11.6 Å². The molecule has 3 aromatic rings. The van der Waals surface area contributed by atoms with Crippen molar-refractivity contribution in [2.45, 2.75) is 18.9 Å². The van der Waals surface area contributed by atoms with E-state index >= 15 is 0 Å². The molecule has 1 amide bonds. The number of benzene rings is 2. The number of likely N-dealkylation sites (tertiary alicyclic amines) is 1. The molecule has 1 saturated heterocycles. The lowest BCUT2D eigenvalue weighted by Crippen LogP contribution is -2.24. The van der Waals surface area contributed by atoms with Crippen LogP contribution in [0.4, 0.5) is 8.78 Å². The summed E-state index contributed by atoms with van der Waals surface area (Å²) in [5.74, 6) is -0.466. The Morgan fingerprint density at radius 1 is 1.19 bits per heavy atom. The molecule has 0 bridgehead atoms. The Balaban J connectivity index is 1.48. The first-order valence-electron chi connectivity index (χ1n) is 8.31. The first-order valence-corrected chi connectivity index (χ1v) is 8.68. The average Bonchev–Trinajstić information content (AvgIpc) is 3.27. The lowest BCUT2D eigenvalue weighted by Gasteiger charge is -2.15. The fourth-order valence-electron chi connectivity index (χ4n) is 3.05. The molecule has 27 heavy (non-hydrogen) atoms. The van der Waals surface area contributed by atoms with Crippen LogP contribution in [0.3, 0.4) is 0 Å². The van der Waals surface area contributed by atoms with Crippen molar-refractivity contribution in [2.24, 2.45) is 0 Å². The van der Waals surface area contributed by atoms with Gasteiger partial charge < -0.3 is 9.42 Å². The third-order valence-corrected chi connectivity index (χ3v) is 4.76. The van der Waals surface area contributed by atoms with Gasteiger partial charge in [-0.2, -0.15) is 4.98 Å². The van der Waals surface area contributed by atoms with Gasteiger partial charge in [-0.15, -0.1) is 0 Å². The van der Waals surface area contributed by atoms with Gasteiger partial charge in [0.05, 0.1) is 10.9 Å². The summed E-state index contributed by atoms with van der Waals surface area (Å²) in [6.45, 7) is 0.826. The van der Waals surface area contributed by atoms with Crippen molar-refractivity contribution in [3.63, 3.8) is 0 Å². The Morgan fingerprint density at radius 2 is 1.96 bits per heavy atom. The summed E-state index contributed by atoms with van der Waals surface area (Å²) in [6, 6.07) is 10.2. The number of nitrogens with zero attached hydrogens (tertiary/aromatic N) is 3. The molecular formula is C19H14ClF2N3O2. The second-order valence-electron chi connectivity index (χ2n) is 6.39. The molecule has 0 radical (unpaired) electrons. The van der Waals surface area contributed by atoms with E-state index in [0.29, 0.717) is 24.5 Å². The summed E-state index contributed by atoms with van der Waals surface area (Å²) >= 11 is 5.79. The highest BCUT2D eigenvalue weighted by atomic mass is 35.5. The van der Waals surface area contributed by atoms with Crippen molar-refractivity contribution >= 4 is 17.5 Å². The van der Waals surface area contributed by atoms with E-state index < -0.39 is 5.82 Å². The SMILES string of the molecule is O=C1CC(c2nc(-c3ccc(F)c(Cl)c3)no2)CN1Cc1ccc(F)cc1. The van der Waals surface area contributed by atoms with Crippen molar-refractivity contribution in [2.75, 3.05) is 6.54 Å². The van der Waals surface area contributed by atoms with Gasteiger partial charge in [0.25, 0.3) is 0 Å². The third-order valence-electron chi connectivity index (χ3n) is 4.47. The molecule has 1 aliphatic rings. The number of halogens is 3. The summed E-state index contributed by atoms with van der Waals surface area (Å²) in [6.07, 6.45) is 0.257. The Labute approximate surface area is 158 Å². The normalized spacial score (nSPS) is 16.9. The summed E-state index contributed by atoms with van der Waals surface area (Å²) in [5, 5.41) is 3.88. The smallest absolute Gasteiger partial charge is 0.232 e. The number of aromatic nitrogens is 2. The van der Waals surface area contributed by atoms with Crippen LogP contribution in [-0.2, 0) is 11.3 Å². The van der Waals surface area contributed by atoms with Crippen LogP contribution in [0, 0.1) is 11.6 Å². The molecule has 5 nitrogen and oxygen atoms in total. The molecule has 1 unspecified atom stereocenters. The standard InChI is InChI=1S/C19H14ClF2N3O2/c20-15-7-12(3-6-16(15)22)18-23-19(27-24-18)13-8-17(26)25(10-13)9-11-1-4-14(21)5-2-11/h1-7,13H,8-10H2. The number of amides is 1. The predicted octanol–water partition coefficient (Wildman–Crippen LogP) is 4.18. The minimum Gasteiger partial charge on any atom is -0.339 e. The van der Waals surface area contributed by atoms with Crippen LogP contribution in [0.5, 0.6) is 0 Å². The molecule has 2 aromatic carbocycles. The Morgan fingerprint density at radius 3 is 2.70 bits per heavy atom. The van der Waals surface area contributed by atoms with E-state index in [1.165, 1.54) is 30.3 Å². The largest absolute Gasteiger partial charge is 0.339 e. The van der Waals surface area contributed by atoms with Gasteiger partial charge in [0.2, 0.25) is 17.6 Å². The highest BCUT2D eigenvalue weighted by Gasteiger charge is 2.34. The molecule has 1 aromatic heterocycles. The third kappa shape index (κ3) is 3.68. The molecule has 1 aliphatic heterocycles. The van der Waals surface area contributed by atoms with Crippen LogP contribution in [0.2, 0.25) is 5.02 Å². The van der Waals surface area contributed by atoms with Gasteiger partial charge in [-0.1, -0.05) is 28.9 Å². The molecule has 1 atom stereocenters. The highest BCUT2D eigenvalue weighted by molar-refractivity contribution is 6.31. The van der Waals surface area contributed by atoms with Gasteiger partial charge in [-0.25, -0.2) is 8.78 Å². The van der Waals surface area contributed by atoms with Gasteiger partial charge >= 0.3 is 0 Å². The predicted molar refractivity (Wildman–Crippen MR) is 93.9 cm³/mol. The second-order valence-corrected chi connectivity index (χ2v) is 6.79.